The maximum atomic E-state index is 11.8. The molecule has 3 rings (SSSR count). The molecular weight excluding hydrogens is 262 g/mol. The Balaban J connectivity index is 1.82. The molecule has 7 heteroatoms. The lowest BCUT2D eigenvalue weighted by Crippen LogP contribution is -2.13. The molecule has 2 heterocycles. The topological polar surface area (TPSA) is 83.6 Å². The van der Waals surface area contributed by atoms with Gasteiger partial charge in [-0.15, -0.1) is 11.3 Å². The number of thiazole rings is 1. The van der Waals surface area contributed by atoms with E-state index in [1.54, 1.807) is 17.5 Å². The van der Waals surface area contributed by atoms with Crippen LogP contribution in [0.5, 0.6) is 0 Å². The Morgan fingerprint density at radius 1 is 1.32 bits per heavy atom. The van der Waals surface area contributed by atoms with E-state index in [2.05, 4.69) is 25.5 Å². The minimum Gasteiger partial charge on any atom is -0.319 e. The molecule has 0 spiro atoms. The van der Waals surface area contributed by atoms with E-state index in [9.17, 15) is 4.79 Å². The van der Waals surface area contributed by atoms with Gasteiger partial charge >= 0.3 is 0 Å². The number of hydrogen-bond donors (Lipinski definition) is 2. The van der Waals surface area contributed by atoms with Gasteiger partial charge in [0.05, 0.1) is 0 Å². The number of carbonyl (C=O) groups excluding carboxylic acids is 1. The summed E-state index contributed by atoms with van der Waals surface area (Å²) in [5.41, 5.74) is 1.65. The molecule has 0 aliphatic heterocycles. The van der Waals surface area contributed by atoms with Crippen LogP contribution in [-0.4, -0.2) is 26.1 Å². The van der Waals surface area contributed by atoms with Crippen LogP contribution >= 0.6 is 11.3 Å². The summed E-state index contributed by atoms with van der Waals surface area (Å²) >= 11 is 1.55. The number of hydrogen-bond acceptors (Lipinski definition) is 5. The van der Waals surface area contributed by atoms with Gasteiger partial charge in [-0.3, -0.25) is 9.89 Å². The van der Waals surface area contributed by atoms with Crippen LogP contribution in [0.4, 0.5) is 5.69 Å². The lowest BCUT2D eigenvalue weighted by molar-refractivity contribution is 0.101. The first kappa shape index (κ1) is 11.5. The first-order chi connectivity index (χ1) is 9.33. The van der Waals surface area contributed by atoms with Crippen LogP contribution in [-0.2, 0) is 0 Å². The van der Waals surface area contributed by atoms with Gasteiger partial charge in [-0.25, -0.2) is 9.97 Å². The van der Waals surface area contributed by atoms with E-state index in [1.165, 1.54) is 6.33 Å². The van der Waals surface area contributed by atoms with Gasteiger partial charge in [-0.1, -0.05) is 12.1 Å². The quantitative estimate of drug-likeness (QED) is 0.764. The van der Waals surface area contributed by atoms with Crippen LogP contribution < -0.4 is 5.32 Å². The Kier molecular flexibility index (Phi) is 3.03. The Bertz CT molecular complexity index is 678. The Labute approximate surface area is 112 Å². The summed E-state index contributed by atoms with van der Waals surface area (Å²) in [6.07, 6.45) is 3.04. The largest absolute Gasteiger partial charge is 0.319 e. The maximum Gasteiger partial charge on any atom is 0.292 e. The average molecular weight is 271 g/mol. The predicted octanol–water partition coefficient (Wildman–Crippen LogP) is 2.18. The highest BCUT2D eigenvalue weighted by atomic mass is 32.1. The van der Waals surface area contributed by atoms with Gasteiger partial charge in [0.1, 0.15) is 11.3 Å². The molecule has 1 aromatic carbocycles. The standard InChI is InChI=1S/C12H9N5OS/c18-11(10-14-7-15-17-10)16-9-3-1-2-8(6-9)12-13-4-5-19-12/h1-7H,(H,16,18)(H,14,15,17). The number of nitrogens with zero attached hydrogens (tertiary/aromatic N) is 3. The zero-order valence-electron chi connectivity index (χ0n) is 9.70. The van der Waals surface area contributed by atoms with Gasteiger partial charge in [-0.2, -0.15) is 5.10 Å². The second-order valence-electron chi connectivity index (χ2n) is 3.71. The summed E-state index contributed by atoms with van der Waals surface area (Å²) in [6, 6.07) is 7.49. The molecule has 2 N–H and O–H groups in total. The van der Waals surface area contributed by atoms with Gasteiger partial charge in [0.2, 0.25) is 5.82 Å². The van der Waals surface area contributed by atoms with Crippen molar-refractivity contribution in [3.05, 3.63) is 48.0 Å². The number of anilines is 1. The van der Waals surface area contributed by atoms with E-state index in [4.69, 9.17) is 0 Å². The predicted molar refractivity (Wildman–Crippen MR) is 71.9 cm³/mol. The number of rotatable bonds is 3. The number of benzene rings is 1. The van der Waals surface area contributed by atoms with Crippen molar-refractivity contribution in [3.63, 3.8) is 0 Å². The third-order valence-corrected chi connectivity index (χ3v) is 3.25. The minimum atomic E-state index is -0.325. The highest BCUT2D eigenvalue weighted by Crippen LogP contribution is 2.24. The van der Waals surface area contributed by atoms with E-state index in [0.717, 1.165) is 10.6 Å². The molecule has 0 saturated carbocycles. The van der Waals surface area contributed by atoms with E-state index in [0.29, 0.717) is 5.69 Å². The highest BCUT2D eigenvalue weighted by Gasteiger charge is 2.09. The molecular formula is C12H9N5OS. The van der Waals surface area contributed by atoms with Crippen molar-refractivity contribution in [1.29, 1.82) is 0 Å². The molecule has 19 heavy (non-hydrogen) atoms. The average Bonchev–Trinajstić information content (AvgIpc) is 3.13. The van der Waals surface area contributed by atoms with E-state index in [-0.39, 0.29) is 11.7 Å². The van der Waals surface area contributed by atoms with E-state index >= 15 is 0 Å². The Hall–Kier alpha value is -2.54. The summed E-state index contributed by atoms with van der Waals surface area (Å²) < 4.78 is 0. The molecule has 0 saturated heterocycles. The molecule has 0 fully saturated rings. The molecule has 0 unspecified atom stereocenters. The summed E-state index contributed by atoms with van der Waals surface area (Å²) in [4.78, 5) is 19.8. The van der Waals surface area contributed by atoms with Gasteiger partial charge in [-0.05, 0) is 12.1 Å². The third kappa shape index (κ3) is 2.50. The third-order valence-electron chi connectivity index (χ3n) is 2.43. The summed E-state index contributed by atoms with van der Waals surface area (Å²) in [6.45, 7) is 0. The van der Waals surface area contributed by atoms with Crippen molar-refractivity contribution >= 4 is 22.9 Å². The van der Waals surface area contributed by atoms with Crippen LogP contribution in [0.15, 0.2) is 42.2 Å². The first-order valence-corrected chi connectivity index (χ1v) is 6.37. The molecule has 0 atom stereocenters. The highest BCUT2D eigenvalue weighted by molar-refractivity contribution is 7.13. The van der Waals surface area contributed by atoms with Crippen molar-refractivity contribution < 1.29 is 4.79 Å². The van der Waals surface area contributed by atoms with Crippen molar-refractivity contribution in [2.24, 2.45) is 0 Å². The zero-order chi connectivity index (χ0) is 13.1. The van der Waals surface area contributed by atoms with Crippen LogP contribution in [0.25, 0.3) is 10.6 Å². The molecule has 0 aliphatic carbocycles. The zero-order valence-corrected chi connectivity index (χ0v) is 10.5. The van der Waals surface area contributed by atoms with Crippen LogP contribution in [0.2, 0.25) is 0 Å². The molecule has 3 aromatic rings. The number of aromatic amines is 1. The van der Waals surface area contributed by atoms with Crippen molar-refractivity contribution in [2.45, 2.75) is 0 Å². The number of H-pyrrole nitrogens is 1. The van der Waals surface area contributed by atoms with Gasteiger partial charge in [0, 0.05) is 22.8 Å². The molecule has 0 bridgehead atoms. The molecule has 2 aromatic heterocycles. The number of aromatic nitrogens is 4. The molecule has 0 radical (unpaired) electrons. The molecule has 6 nitrogen and oxygen atoms in total. The van der Waals surface area contributed by atoms with Crippen molar-refractivity contribution in [3.8, 4) is 10.6 Å². The van der Waals surface area contributed by atoms with Crippen LogP contribution in [0.1, 0.15) is 10.6 Å². The normalized spacial score (nSPS) is 10.3. The van der Waals surface area contributed by atoms with E-state index < -0.39 is 0 Å². The summed E-state index contributed by atoms with van der Waals surface area (Å²) in [5, 5.41) is 11.7. The summed E-state index contributed by atoms with van der Waals surface area (Å²) in [5.74, 6) is -0.145. The monoisotopic (exact) mass is 271 g/mol. The lowest BCUT2D eigenvalue weighted by atomic mass is 10.2. The fraction of sp³-hybridized carbons (Fsp3) is 0. The molecule has 94 valence electrons. The number of nitrogens with one attached hydrogen (secondary N) is 2. The van der Waals surface area contributed by atoms with Crippen LogP contribution in [0.3, 0.4) is 0 Å². The fourth-order valence-corrected chi connectivity index (χ4v) is 2.24. The maximum absolute atomic E-state index is 11.8. The SMILES string of the molecule is O=C(Nc1cccc(-c2nccs2)c1)c1ncn[nH]1. The minimum absolute atomic E-state index is 0.180. The fourth-order valence-electron chi connectivity index (χ4n) is 1.60. The molecule has 1 amide bonds. The van der Waals surface area contributed by atoms with Crippen LogP contribution in [0, 0.1) is 0 Å². The van der Waals surface area contributed by atoms with Crippen molar-refractivity contribution in [1.82, 2.24) is 20.2 Å². The van der Waals surface area contributed by atoms with Gasteiger partial charge in [0.25, 0.3) is 5.91 Å². The Morgan fingerprint density at radius 2 is 2.26 bits per heavy atom. The van der Waals surface area contributed by atoms with Crippen molar-refractivity contribution in [2.75, 3.05) is 5.32 Å². The first-order valence-electron chi connectivity index (χ1n) is 5.49. The number of amides is 1. The second-order valence-corrected chi connectivity index (χ2v) is 4.60. The molecule has 0 aliphatic rings. The van der Waals surface area contributed by atoms with Gasteiger partial charge < -0.3 is 5.32 Å². The second kappa shape index (κ2) is 4.99. The smallest absolute Gasteiger partial charge is 0.292 e. The lowest BCUT2D eigenvalue weighted by Gasteiger charge is -2.04. The Morgan fingerprint density at radius 3 is 3.00 bits per heavy atom. The van der Waals surface area contributed by atoms with E-state index in [1.807, 2.05) is 29.6 Å². The number of carbonyl (C=O) groups is 1. The van der Waals surface area contributed by atoms with Gasteiger partial charge in [0.15, 0.2) is 0 Å². The summed E-state index contributed by atoms with van der Waals surface area (Å²) in [7, 11) is 0.